The van der Waals surface area contributed by atoms with Gasteiger partial charge in [0.2, 0.25) is 5.82 Å². The van der Waals surface area contributed by atoms with E-state index in [0.717, 1.165) is 22.2 Å². The van der Waals surface area contributed by atoms with E-state index in [2.05, 4.69) is 36.0 Å². The summed E-state index contributed by atoms with van der Waals surface area (Å²) in [6.45, 7) is 0. The van der Waals surface area contributed by atoms with E-state index >= 15 is 0 Å². The van der Waals surface area contributed by atoms with Crippen molar-refractivity contribution in [3.8, 4) is 11.3 Å². The largest absolute Gasteiger partial charge is 0.307 e. The third-order valence-electron chi connectivity index (χ3n) is 4.57. The van der Waals surface area contributed by atoms with Gasteiger partial charge in [-0.15, -0.1) is 0 Å². The molecule has 0 aliphatic heterocycles. The molecular formula is C20H13ClFN7O. The molecule has 0 fully saturated rings. The van der Waals surface area contributed by atoms with Crippen molar-refractivity contribution in [2.45, 2.75) is 0 Å². The number of amides is 1. The number of pyridine rings is 1. The molecule has 10 heteroatoms. The maximum absolute atomic E-state index is 13.2. The number of aromatic amines is 2. The predicted octanol–water partition coefficient (Wildman–Crippen LogP) is 4.05. The molecule has 3 heterocycles. The molecule has 4 N–H and O–H groups in total. The number of benzene rings is 2. The van der Waals surface area contributed by atoms with E-state index < -0.39 is 11.7 Å². The third-order valence-corrected chi connectivity index (χ3v) is 4.86. The van der Waals surface area contributed by atoms with Gasteiger partial charge in [0.1, 0.15) is 5.82 Å². The Morgan fingerprint density at radius 2 is 1.77 bits per heavy atom. The fourth-order valence-corrected chi connectivity index (χ4v) is 3.30. The Hall–Kier alpha value is -3.98. The molecule has 5 aromatic rings. The second-order valence-electron chi connectivity index (χ2n) is 6.50. The number of H-pyrrole nitrogens is 2. The second kappa shape index (κ2) is 7.12. The Balaban J connectivity index is 1.42. The van der Waals surface area contributed by atoms with Crippen LogP contribution in [0, 0.1) is 5.82 Å². The zero-order chi connectivity index (χ0) is 20.7. The van der Waals surface area contributed by atoms with Gasteiger partial charge in [0.15, 0.2) is 0 Å². The minimum atomic E-state index is -0.543. The van der Waals surface area contributed by atoms with Gasteiger partial charge in [-0.1, -0.05) is 11.6 Å². The van der Waals surface area contributed by atoms with E-state index in [4.69, 9.17) is 11.6 Å². The standard InChI is InChI=1S/C20H13ClFN7O/c21-13-7-11(1-2-14(13)22)26-29-20(30)19-24-16-8-12-15(9-17(16)25-19)27-28-18(12)10-3-5-23-6-4-10/h1-9,26-28H,(H,29,30). The number of rotatable bonds is 4. The van der Waals surface area contributed by atoms with Gasteiger partial charge in [0.25, 0.3) is 0 Å². The number of hydrogen-bond donors (Lipinski definition) is 4. The number of nitrogens with one attached hydrogen (secondary N) is 4. The van der Waals surface area contributed by atoms with Crippen LogP contribution < -0.4 is 10.9 Å². The molecule has 0 bridgehead atoms. The Bertz CT molecular complexity index is 1400. The van der Waals surface area contributed by atoms with Gasteiger partial charge >= 0.3 is 5.91 Å². The van der Waals surface area contributed by atoms with E-state index in [1.807, 2.05) is 24.3 Å². The van der Waals surface area contributed by atoms with E-state index in [0.29, 0.717) is 16.7 Å². The summed E-state index contributed by atoms with van der Waals surface area (Å²) in [4.78, 5) is 25.1. The molecule has 0 aliphatic rings. The summed E-state index contributed by atoms with van der Waals surface area (Å²) in [5.41, 5.74) is 9.42. The van der Waals surface area contributed by atoms with Crippen molar-refractivity contribution in [2.24, 2.45) is 0 Å². The first-order valence-corrected chi connectivity index (χ1v) is 9.26. The Kier molecular flexibility index (Phi) is 4.29. The molecule has 30 heavy (non-hydrogen) atoms. The summed E-state index contributed by atoms with van der Waals surface area (Å²) in [6.07, 6.45) is 3.43. The van der Waals surface area contributed by atoms with Gasteiger partial charge in [-0.2, -0.15) is 0 Å². The van der Waals surface area contributed by atoms with Gasteiger partial charge in [-0.25, -0.2) is 14.4 Å². The Morgan fingerprint density at radius 3 is 2.53 bits per heavy atom. The molecule has 0 spiro atoms. The number of imidazole rings is 1. The SMILES string of the molecule is O=C(NNc1ccc(F)c(Cl)c1)c1nc2cc3[nH][nH]c(-c4ccncc4)c3cc2n1. The topological polar surface area (TPSA) is 111 Å². The van der Waals surface area contributed by atoms with Crippen LogP contribution in [-0.4, -0.2) is 31.1 Å². The molecule has 0 unspecified atom stereocenters. The van der Waals surface area contributed by atoms with Gasteiger partial charge in [0.05, 0.1) is 33.0 Å². The molecule has 148 valence electrons. The van der Waals surface area contributed by atoms with Gasteiger partial charge in [0, 0.05) is 23.3 Å². The lowest BCUT2D eigenvalue weighted by molar-refractivity contribution is 0.0953. The first kappa shape index (κ1) is 18.1. The fraction of sp³-hybridized carbons (Fsp3) is 0. The van der Waals surface area contributed by atoms with Crippen LogP contribution in [0.5, 0.6) is 0 Å². The summed E-state index contributed by atoms with van der Waals surface area (Å²) >= 11 is 5.74. The zero-order valence-electron chi connectivity index (χ0n) is 15.2. The van der Waals surface area contributed by atoms with E-state index in [1.54, 1.807) is 12.4 Å². The number of hydrazine groups is 1. The van der Waals surface area contributed by atoms with E-state index in [9.17, 15) is 9.18 Å². The molecule has 1 amide bonds. The predicted molar refractivity (Wildman–Crippen MR) is 111 cm³/mol. The lowest BCUT2D eigenvalue weighted by Crippen LogP contribution is -2.30. The van der Waals surface area contributed by atoms with Crippen LogP contribution in [0.4, 0.5) is 10.1 Å². The van der Waals surface area contributed by atoms with Crippen LogP contribution >= 0.6 is 11.6 Å². The van der Waals surface area contributed by atoms with Gasteiger partial charge < -0.3 is 5.10 Å². The first-order chi connectivity index (χ1) is 14.6. The van der Waals surface area contributed by atoms with E-state index in [-0.39, 0.29) is 10.8 Å². The average molecular weight is 422 g/mol. The van der Waals surface area contributed by atoms with Crippen LogP contribution in [0.2, 0.25) is 5.02 Å². The van der Waals surface area contributed by atoms with Crippen molar-refractivity contribution in [1.82, 2.24) is 30.6 Å². The Labute approximate surface area is 173 Å². The highest BCUT2D eigenvalue weighted by atomic mass is 35.5. The van der Waals surface area contributed by atoms with Crippen molar-refractivity contribution in [3.05, 3.63) is 71.5 Å². The van der Waals surface area contributed by atoms with Crippen LogP contribution in [0.1, 0.15) is 10.6 Å². The number of nitrogens with zero attached hydrogens (tertiary/aromatic N) is 3. The lowest BCUT2D eigenvalue weighted by atomic mass is 10.1. The molecule has 5 rings (SSSR count). The smallest absolute Gasteiger partial charge is 0.300 e. The number of aromatic nitrogens is 5. The Morgan fingerprint density at radius 1 is 1.00 bits per heavy atom. The van der Waals surface area contributed by atoms with E-state index in [1.165, 1.54) is 18.2 Å². The monoisotopic (exact) mass is 421 g/mol. The quantitative estimate of drug-likeness (QED) is 0.327. The number of hydrogen-bond acceptors (Lipinski definition) is 5. The van der Waals surface area contributed by atoms with Crippen molar-refractivity contribution < 1.29 is 9.18 Å². The molecule has 0 atom stereocenters. The molecular weight excluding hydrogens is 409 g/mol. The van der Waals surface area contributed by atoms with Crippen molar-refractivity contribution >= 4 is 45.1 Å². The highest BCUT2D eigenvalue weighted by Crippen LogP contribution is 2.28. The summed E-state index contributed by atoms with van der Waals surface area (Å²) < 4.78 is 13.2. The highest BCUT2D eigenvalue weighted by molar-refractivity contribution is 6.31. The first-order valence-electron chi connectivity index (χ1n) is 8.88. The summed E-state index contributed by atoms with van der Waals surface area (Å²) in [7, 11) is 0. The highest BCUT2D eigenvalue weighted by Gasteiger charge is 2.16. The van der Waals surface area contributed by atoms with Gasteiger partial charge in [-0.05, 0) is 42.5 Å². The van der Waals surface area contributed by atoms with Crippen molar-refractivity contribution in [2.75, 3.05) is 5.43 Å². The van der Waals surface area contributed by atoms with Crippen LogP contribution in [0.25, 0.3) is 33.2 Å². The number of anilines is 1. The molecule has 0 radical (unpaired) electrons. The number of fused-ring (bicyclic) bond motifs is 2. The summed E-state index contributed by atoms with van der Waals surface area (Å²) in [5.74, 6) is -1.07. The normalized spacial score (nSPS) is 11.1. The van der Waals surface area contributed by atoms with Crippen LogP contribution in [0.15, 0.2) is 54.9 Å². The lowest BCUT2D eigenvalue weighted by Gasteiger charge is -2.07. The van der Waals surface area contributed by atoms with Gasteiger partial charge in [-0.3, -0.25) is 25.7 Å². The summed E-state index contributed by atoms with van der Waals surface area (Å²) in [6, 6.07) is 11.5. The number of carbonyl (C=O) groups excluding carboxylic acids is 1. The molecule has 0 aliphatic carbocycles. The van der Waals surface area contributed by atoms with Crippen LogP contribution in [0.3, 0.4) is 0 Å². The zero-order valence-corrected chi connectivity index (χ0v) is 16.0. The molecule has 3 aromatic heterocycles. The van der Waals surface area contributed by atoms with Crippen LogP contribution in [-0.2, 0) is 0 Å². The molecule has 0 saturated carbocycles. The number of halogens is 2. The average Bonchev–Trinajstić information content (AvgIpc) is 3.36. The third kappa shape index (κ3) is 3.20. The molecule has 8 nitrogen and oxygen atoms in total. The minimum absolute atomic E-state index is 0.00722. The molecule has 0 saturated heterocycles. The maximum Gasteiger partial charge on any atom is 0.307 e. The number of carbonyl (C=O) groups is 1. The fourth-order valence-electron chi connectivity index (χ4n) is 3.12. The molecule has 2 aromatic carbocycles. The van der Waals surface area contributed by atoms with Crippen molar-refractivity contribution in [3.63, 3.8) is 0 Å². The van der Waals surface area contributed by atoms with Crippen molar-refractivity contribution in [1.29, 1.82) is 0 Å². The second-order valence-corrected chi connectivity index (χ2v) is 6.91. The summed E-state index contributed by atoms with van der Waals surface area (Å²) in [5, 5.41) is 7.11. The minimum Gasteiger partial charge on any atom is -0.300 e. The maximum atomic E-state index is 13.2.